The second kappa shape index (κ2) is 6.87. The first-order valence-electron chi connectivity index (χ1n) is 4.01. The summed E-state index contributed by atoms with van der Waals surface area (Å²) in [5.41, 5.74) is 5.24. The summed E-state index contributed by atoms with van der Waals surface area (Å²) in [5.74, 6) is 0.172. The molecule has 0 amide bonds. The fourth-order valence-electron chi connectivity index (χ4n) is 0.814. The number of nitrogens with two attached hydrogens (primary N) is 1. The summed E-state index contributed by atoms with van der Waals surface area (Å²) in [6, 6.07) is 0.275. The molecule has 0 aliphatic heterocycles. The number of aliphatic hydroxyl groups excluding tert-OH is 1. The molecule has 0 saturated heterocycles. The standard InChI is InChI=1S/C7H17N3O2/c1-6(3-2-4-11)9-5-7(8)10-12/h6,9,11-12H,2-5H2,1H3,(H2,8,10). The van der Waals surface area contributed by atoms with Crippen LogP contribution in [0.2, 0.25) is 0 Å². The number of rotatable bonds is 6. The van der Waals surface area contributed by atoms with E-state index in [9.17, 15) is 0 Å². The number of nitrogens with zero attached hydrogens (tertiary/aromatic N) is 1. The maximum atomic E-state index is 8.52. The second-order valence-corrected chi connectivity index (χ2v) is 2.74. The van der Waals surface area contributed by atoms with Gasteiger partial charge < -0.3 is 21.4 Å². The normalized spacial score (nSPS) is 14.7. The minimum absolute atomic E-state index is 0.172. The Kier molecular flexibility index (Phi) is 6.41. The zero-order valence-electron chi connectivity index (χ0n) is 7.32. The lowest BCUT2D eigenvalue weighted by atomic mass is 10.2. The van der Waals surface area contributed by atoms with Crippen LogP contribution >= 0.6 is 0 Å². The molecule has 0 rings (SSSR count). The lowest BCUT2D eigenvalue weighted by Crippen LogP contribution is -2.35. The number of hydrogen-bond acceptors (Lipinski definition) is 4. The molecule has 12 heavy (non-hydrogen) atoms. The molecule has 0 aromatic heterocycles. The molecule has 5 N–H and O–H groups in total. The van der Waals surface area contributed by atoms with Gasteiger partial charge in [0.05, 0.1) is 6.54 Å². The summed E-state index contributed by atoms with van der Waals surface area (Å²) in [6.07, 6.45) is 1.65. The largest absolute Gasteiger partial charge is 0.409 e. The number of hydrogen-bond donors (Lipinski definition) is 4. The lowest BCUT2D eigenvalue weighted by Gasteiger charge is -2.11. The Labute approximate surface area is 72.3 Å². The summed E-state index contributed by atoms with van der Waals surface area (Å²) in [6.45, 7) is 2.57. The van der Waals surface area contributed by atoms with Crippen LogP contribution in [0.5, 0.6) is 0 Å². The van der Waals surface area contributed by atoms with Crippen LogP contribution in [0.4, 0.5) is 0 Å². The fourth-order valence-corrected chi connectivity index (χ4v) is 0.814. The van der Waals surface area contributed by atoms with Gasteiger partial charge in [-0.15, -0.1) is 0 Å². The third kappa shape index (κ3) is 5.94. The zero-order valence-corrected chi connectivity index (χ0v) is 7.32. The van der Waals surface area contributed by atoms with Gasteiger partial charge in [0.15, 0.2) is 5.84 Å². The molecule has 5 nitrogen and oxygen atoms in total. The molecule has 0 spiro atoms. The summed E-state index contributed by atoms with van der Waals surface area (Å²) < 4.78 is 0. The van der Waals surface area contributed by atoms with E-state index in [1.165, 1.54) is 0 Å². The minimum atomic E-state index is 0.172. The SMILES string of the molecule is CC(CCCO)NCC(N)=NO. The van der Waals surface area contributed by atoms with Gasteiger partial charge in [0, 0.05) is 12.6 Å². The highest BCUT2D eigenvalue weighted by atomic mass is 16.4. The van der Waals surface area contributed by atoms with Crippen LogP contribution in [0.25, 0.3) is 0 Å². The molecule has 0 heterocycles. The van der Waals surface area contributed by atoms with Gasteiger partial charge in [-0.3, -0.25) is 0 Å². The molecule has 0 fully saturated rings. The second-order valence-electron chi connectivity index (χ2n) is 2.74. The van der Waals surface area contributed by atoms with Gasteiger partial charge in [-0.05, 0) is 19.8 Å². The first-order chi connectivity index (χ1) is 5.70. The van der Waals surface area contributed by atoms with Crippen LogP contribution < -0.4 is 11.1 Å². The van der Waals surface area contributed by atoms with E-state index in [1.807, 2.05) is 6.92 Å². The van der Waals surface area contributed by atoms with E-state index < -0.39 is 0 Å². The number of aliphatic hydroxyl groups is 1. The monoisotopic (exact) mass is 175 g/mol. The van der Waals surface area contributed by atoms with Gasteiger partial charge in [0.2, 0.25) is 0 Å². The van der Waals surface area contributed by atoms with Crippen LogP contribution in [0.15, 0.2) is 5.16 Å². The van der Waals surface area contributed by atoms with Gasteiger partial charge in [-0.2, -0.15) is 0 Å². The smallest absolute Gasteiger partial charge is 0.153 e. The van der Waals surface area contributed by atoms with Gasteiger partial charge in [0.1, 0.15) is 0 Å². The summed E-state index contributed by atoms with van der Waals surface area (Å²) in [5, 5.41) is 22.6. The van der Waals surface area contributed by atoms with Crippen molar-refractivity contribution in [1.82, 2.24) is 5.32 Å². The van der Waals surface area contributed by atoms with Crippen LogP contribution in [0.3, 0.4) is 0 Å². The fraction of sp³-hybridized carbons (Fsp3) is 0.857. The predicted octanol–water partition coefficient (Wildman–Crippen LogP) is -0.517. The molecule has 0 aromatic rings. The molecule has 0 radical (unpaired) electrons. The maximum Gasteiger partial charge on any atom is 0.153 e. The van der Waals surface area contributed by atoms with Crippen molar-refractivity contribution in [3.8, 4) is 0 Å². The van der Waals surface area contributed by atoms with Gasteiger partial charge >= 0.3 is 0 Å². The number of amidine groups is 1. The van der Waals surface area contributed by atoms with Crippen LogP contribution in [0.1, 0.15) is 19.8 Å². The van der Waals surface area contributed by atoms with Crippen LogP contribution in [0, 0.1) is 0 Å². The molecule has 0 bridgehead atoms. The Balaban J connectivity index is 3.37. The van der Waals surface area contributed by atoms with Crippen molar-refractivity contribution in [3.63, 3.8) is 0 Å². The van der Waals surface area contributed by atoms with Gasteiger partial charge in [-0.1, -0.05) is 5.16 Å². The average molecular weight is 175 g/mol. The molecular weight excluding hydrogens is 158 g/mol. The zero-order chi connectivity index (χ0) is 9.40. The van der Waals surface area contributed by atoms with Crippen molar-refractivity contribution in [3.05, 3.63) is 0 Å². The minimum Gasteiger partial charge on any atom is -0.409 e. The molecular formula is C7H17N3O2. The molecule has 1 unspecified atom stereocenters. The quantitative estimate of drug-likeness (QED) is 0.189. The molecule has 0 aliphatic rings. The van der Waals surface area contributed by atoms with Crippen molar-refractivity contribution < 1.29 is 10.3 Å². The summed E-state index contributed by atoms with van der Waals surface area (Å²) in [7, 11) is 0. The van der Waals surface area contributed by atoms with Gasteiger partial charge in [-0.25, -0.2) is 0 Å². The first kappa shape index (κ1) is 11.2. The van der Waals surface area contributed by atoms with E-state index >= 15 is 0 Å². The van der Waals surface area contributed by atoms with E-state index in [0.717, 1.165) is 12.8 Å². The Morgan fingerprint density at radius 1 is 1.67 bits per heavy atom. The topological polar surface area (TPSA) is 90.9 Å². The van der Waals surface area contributed by atoms with E-state index in [2.05, 4.69) is 10.5 Å². The van der Waals surface area contributed by atoms with Gasteiger partial charge in [0.25, 0.3) is 0 Å². The first-order valence-corrected chi connectivity index (χ1v) is 4.01. The third-order valence-corrected chi connectivity index (χ3v) is 1.56. The molecule has 72 valence electrons. The highest BCUT2D eigenvalue weighted by Gasteiger charge is 2.00. The molecule has 5 heteroatoms. The summed E-state index contributed by atoms with van der Waals surface area (Å²) in [4.78, 5) is 0. The third-order valence-electron chi connectivity index (χ3n) is 1.56. The predicted molar refractivity (Wildman–Crippen MR) is 47.2 cm³/mol. The highest BCUT2D eigenvalue weighted by molar-refractivity contribution is 5.81. The molecule has 0 aromatic carbocycles. The van der Waals surface area contributed by atoms with E-state index in [1.54, 1.807) is 0 Å². The van der Waals surface area contributed by atoms with E-state index in [0.29, 0.717) is 6.54 Å². The molecule has 0 saturated carbocycles. The average Bonchev–Trinajstić information content (AvgIpc) is 2.10. The highest BCUT2D eigenvalue weighted by Crippen LogP contribution is 1.93. The van der Waals surface area contributed by atoms with Crippen molar-refractivity contribution in [2.45, 2.75) is 25.8 Å². The number of nitrogens with one attached hydrogen (secondary N) is 1. The summed E-state index contributed by atoms with van der Waals surface area (Å²) >= 11 is 0. The van der Waals surface area contributed by atoms with Crippen LogP contribution in [-0.2, 0) is 0 Å². The Bertz CT molecular complexity index is 139. The Morgan fingerprint density at radius 3 is 2.83 bits per heavy atom. The van der Waals surface area contributed by atoms with Crippen molar-refractivity contribution in [1.29, 1.82) is 0 Å². The van der Waals surface area contributed by atoms with Crippen molar-refractivity contribution in [2.24, 2.45) is 10.9 Å². The maximum absolute atomic E-state index is 8.52. The van der Waals surface area contributed by atoms with Crippen molar-refractivity contribution >= 4 is 5.84 Å². The molecule has 0 aliphatic carbocycles. The lowest BCUT2D eigenvalue weighted by molar-refractivity contribution is 0.277. The van der Waals surface area contributed by atoms with Crippen molar-refractivity contribution in [2.75, 3.05) is 13.2 Å². The number of oxime groups is 1. The van der Waals surface area contributed by atoms with Crippen LogP contribution in [-0.4, -0.2) is 35.3 Å². The van der Waals surface area contributed by atoms with E-state index in [4.69, 9.17) is 16.0 Å². The Hall–Kier alpha value is -0.810. The molecule has 1 atom stereocenters. The van der Waals surface area contributed by atoms with E-state index in [-0.39, 0.29) is 18.5 Å². The Morgan fingerprint density at radius 2 is 2.33 bits per heavy atom.